The van der Waals surface area contributed by atoms with Crippen molar-refractivity contribution in [3.63, 3.8) is 0 Å². The summed E-state index contributed by atoms with van der Waals surface area (Å²) >= 11 is 3.45. The van der Waals surface area contributed by atoms with Crippen LogP contribution in [0.25, 0.3) is 0 Å². The van der Waals surface area contributed by atoms with Gasteiger partial charge in [-0.25, -0.2) is 9.18 Å². The highest BCUT2D eigenvalue weighted by atomic mass is 79.9. The molecule has 0 saturated heterocycles. The predicted octanol–water partition coefficient (Wildman–Crippen LogP) is 3.37. The Hall–Kier alpha value is -2.41. The van der Waals surface area contributed by atoms with E-state index in [4.69, 9.17) is 0 Å². The first-order valence-electron chi connectivity index (χ1n) is 8.38. The van der Waals surface area contributed by atoms with Crippen LogP contribution in [-0.4, -0.2) is 25.0 Å². The first-order valence-corrected chi connectivity index (χ1v) is 9.17. The van der Waals surface area contributed by atoms with Crippen molar-refractivity contribution in [3.05, 3.63) is 63.9 Å². The fraction of sp³-hybridized carbons (Fsp3) is 0.263. The summed E-state index contributed by atoms with van der Waals surface area (Å²) in [5, 5.41) is 5.23. The average molecular weight is 420 g/mol. The zero-order valence-electron chi connectivity index (χ0n) is 14.1. The van der Waals surface area contributed by atoms with Gasteiger partial charge in [0.15, 0.2) is 0 Å². The number of halogens is 2. The second-order valence-electron chi connectivity index (χ2n) is 6.08. The molecule has 2 N–H and O–H groups in total. The Balaban J connectivity index is 1.51. The lowest BCUT2D eigenvalue weighted by Gasteiger charge is -2.29. The first kappa shape index (κ1) is 18.4. The molecule has 136 valence electrons. The Morgan fingerprint density at radius 2 is 1.88 bits per heavy atom. The summed E-state index contributed by atoms with van der Waals surface area (Å²) in [4.78, 5) is 26.1. The quantitative estimate of drug-likeness (QED) is 0.797. The number of fused-ring (bicyclic) bond motifs is 1. The van der Waals surface area contributed by atoms with Gasteiger partial charge in [-0.3, -0.25) is 4.79 Å². The molecule has 1 heterocycles. The normalized spacial score (nSPS) is 13.1. The number of carbonyl (C=O) groups is 2. The molecule has 2 aromatic rings. The van der Waals surface area contributed by atoms with Crippen molar-refractivity contribution in [2.24, 2.45) is 0 Å². The molecule has 0 fully saturated rings. The Morgan fingerprint density at radius 1 is 1.12 bits per heavy atom. The van der Waals surface area contributed by atoms with Gasteiger partial charge in [0.2, 0.25) is 5.91 Å². The molecule has 0 aromatic heterocycles. The van der Waals surface area contributed by atoms with Gasteiger partial charge in [0.25, 0.3) is 0 Å². The smallest absolute Gasteiger partial charge is 0.315 e. The predicted molar refractivity (Wildman–Crippen MR) is 101 cm³/mol. The highest BCUT2D eigenvalue weighted by Gasteiger charge is 2.22. The van der Waals surface area contributed by atoms with Crippen molar-refractivity contribution in [1.29, 1.82) is 0 Å². The highest BCUT2D eigenvalue weighted by Crippen LogP contribution is 2.29. The Bertz CT molecular complexity index is 811. The van der Waals surface area contributed by atoms with E-state index in [1.807, 2.05) is 18.2 Å². The molecule has 7 heteroatoms. The lowest BCUT2D eigenvalue weighted by Crippen LogP contribution is -2.45. The zero-order chi connectivity index (χ0) is 18.5. The molecule has 2 aromatic carbocycles. The van der Waals surface area contributed by atoms with Gasteiger partial charge in [-0.05, 0) is 54.3 Å². The van der Waals surface area contributed by atoms with Gasteiger partial charge in [-0.1, -0.05) is 28.1 Å². The van der Waals surface area contributed by atoms with Crippen LogP contribution in [-0.2, 0) is 17.8 Å². The third kappa shape index (κ3) is 4.60. The number of rotatable bonds is 4. The summed E-state index contributed by atoms with van der Waals surface area (Å²) in [6.07, 6.45) is 1.83. The second-order valence-corrected chi connectivity index (χ2v) is 7.00. The lowest BCUT2D eigenvalue weighted by molar-refractivity contribution is -0.117. The van der Waals surface area contributed by atoms with Crippen LogP contribution in [0.5, 0.6) is 0 Å². The second kappa shape index (κ2) is 8.31. The van der Waals surface area contributed by atoms with Crippen LogP contribution in [0.1, 0.15) is 17.5 Å². The summed E-state index contributed by atoms with van der Waals surface area (Å²) < 4.78 is 13.8. The van der Waals surface area contributed by atoms with Crippen molar-refractivity contribution in [2.75, 3.05) is 18.0 Å². The van der Waals surface area contributed by atoms with E-state index in [9.17, 15) is 14.0 Å². The average Bonchev–Trinajstić information content (AvgIpc) is 2.65. The summed E-state index contributed by atoms with van der Waals surface area (Å²) in [6.45, 7) is 0.831. The van der Waals surface area contributed by atoms with Gasteiger partial charge in [-0.15, -0.1) is 0 Å². The van der Waals surface area contributed by atoms with Crippen LogP contribution in [0.15, 0.2) is 46.9 Å². The van der Waals surface area contributed by atoms with Crippen LogP contribution in [0.4, 0.5) is 14.9 Å². The molecule has 0 bridgehead atoms. The number of nitrogens with one attached hydrogen (secondary N) is 2. The Labute approximate surface area is 159 Å². The van der Waals surface area contributed by atoms with E-state index in [2.05, 4.69) is 26.6 Å². The van der Waals surface area contributed by atoms with E-state index < -0.39 is 6.03 Å². The van der Waals surface area contributed by atoms with Gasteiger partial charge in [0, 0.05) is 23.2 Å². The summed E-state index contributed by atoms with van der Waals surface area (Å²) in [5.74, 6) is -0.470. The van der Waals surface area contributed by atoms with Crippen molar-refractivity contribution in [1.82, 2.24) is 10.6 Å². The van der Waals surface area contributed by atoms with Crippen LogP contribution in [0.3, 0.4) is 0 Å². The molecule has 3 rings (SSSR count). The third-order valence-electron chi connectivity index (χ3n) is 4.23. The molecule has 1 aliphatic rings. The molecule has 0 unspecified atom stereocenters. The van der Waals surface area contributed by atoms with Gasteiger partial charge >= 0.3 is 6.03 Å². The molecular weight excluding hydrogens is 401 g/mol. The Kier molecular flexibility index (Phi) is 5.88. The number of benzene rings is 2. The van der Waals surface area contributed by atoms with E-state index in [1.54, 1.807) is 17.0 Å². The minimum atomic E-state index is -0.435. The summed E-state index contributed by atoms with van der Waals surface area (Å²) in [5.41, 5.74) is 2.81. The summed E-state index contributed by atoms with van der Waals surface area (Å²) in [7, 11) is 0. The highest BCUT2D eigenvalue weighted by molar-refractivity contribution is 9.10. The molecule has 5 nitrogen and oxygen atoms in total. The molecule has 0 atom stereocenters. The number of hydrogen-bond acceptors (Lipinski definition) is 2. The van der Waals surface area contributed by atoms with Crippen molar-refractivity contribution in [2.45, 2.75) is 19.4 Å². The number of urea groups is 1. The fourth-order valence-electron chi connectivity index (χ4n) is 2.92. The monoisotopic (exact) mass is 419 g/mol. The SMILES string of the molecule is O=C(NCC(=O)N1CCCc2cc(Br)ccc21)NCc1ccc(F)cc1. The fourth-order valence-corrected chi connectivity index (χ4v) is 3.33. The van der Waals surface area contributed by atoms with E-state index in [0.717, 1.165) is 34.1 Å². The number of amides is 3. The molecule has 1 aliphatic heterocycles. The third-order valence-corrected chi connectivity index (χ3v) is 4.72. The van der Waals surface area contributed by atoms with Gasteiger partial charge in [-0.2, -0.15) is 0 Å². The maximum atomic E-state index is 12.9. The molecule has 0 radical (unpaired) electrons. The minimum absolute atomic E-state index is 0.0786. The molecule has 0 aliphatic carbocycles. The number of anilines is 1. The first-order chi connectivity index (χ1) is 12.5. The van der Waals surface area contributed by atoms with Crippen molar-refractivity contribution < 1.29 is 14.0 Å². The number of carbonyl (C=O) groups excluding carboxylic acids is 2. The molecule has 3 amide bonds. The minimum Gasteiger partial charge on any atom is -0.334 e. The topological polar surface area (TPSA) is 61.4 Å². The zero-order valence-corrected chi connectivity index (χ0v) is 15.7. The summed E-state index contributed by atoms with van der Waals surface area (Å²) in [6, 6.07) is 11.3. The molecule has 26 heavy (non-hydrogen) atoms. The Morgan fingerprint density at radius 3 is 2.65 bits per heavy atom. The van der Waals surface area contributed by atoms with E-state index >= 15 is 0 Å². The van der Waals surface area contributed by atoms with Crippen molar-refractivity contribution >= 4 is 33.6 Å². The van der Waals surface area contributed by atoms with E-state index in [1.165, 1.54) is 12.1 Å². The molecule has 0 saturated carbocycles. The van der Waals surface area contributed by atoms with Crippen LogP contribution in [0, 0.1) is 5.82 Å². The van der Waals surface area contributed by atoms with E-state index in [0.29, 0.717) is 6.54 Å². The van der Waals surface area contributed by atoms with Gasteiger partial charge < -0.3 is 15.5 Å². The van der Waals surface area contributed by atoms with Crippen LogP contribution < -0.4 is 15.5 Å². The standard InChI is InChI=1S/C19H19BrFN3O2/c20-15-5-8-17-14(10-15)2-1-9-24(17)18(25)12-23-19(26)22-11-13-3-6-16(21)7-4-13/h3-8,10H,1-2,9,11-12H2,(H2,22,23,26). The maximum absolute atomic E-state index is 12.9. The largest absolute Gasteiger partial charge is 0.334 e. The van der Waals surface area contributed by atoms with Crippen molar-refractivity contribution in [3.8, 4) is 0 Å². The number of hydrogen-bond donors (Lipinski definition) is 2. The van der Waals surface area contributed by atoms with Gasteiger partial charge in [0.05, 0.1) is 6.54 Å². The number of nitrogens with zero attached hydrogens (tertiary/aromatic N) is 1. The van der Waals surface area contributed by atoms with Crippen LogP contribution in [0.2, 0.25) is 0 Å². The van der Waals surface area contributed by atoms with Gasteiger partial charge in [0.1, 0.15) is 5.82 Å². The number of aryl methyl sites for hydroxylation is 1. The molecular formula is C19H19BrFN3O2. The lowest BCUT2D eigenvalue weighted by atomic mass is 10.0. The van der Waals surface area contributed by atoms with E-state index in [-0.39, 0.29) is 24.8 Å². The van der Waals surface area contributed by atoms with Crippen LogP contribution >= 0.6 is 15.9 Å². The maximum Gasteiger partial charge on any atom is 0.315 e. The molecule has 0 spiro atoms.